The van der Waals surface area contributed by atoms with Crippen molar-refractivity contribution in [3.05, 3.63) is 41.6 Å². The maximum absolute atomic E-state index is 13.8. The van der Waals surface area contributed by atoms with Crippen molar-refractivity contribution < 1.29 is 14.3 Å². The standard InChI is InChI=1S/C24H30N2O3/c1-16-12-17(20-8-4-5-9-22(20)25-16)13-26(19-6-2-3-7-19)24(27)23-21-10-11-28-14-18(21)15-29-23/h4-5,8-9,12,18-19,21,23H,2-3,6-7,10-11,13-15H2,1H3. The number of hydrogen-bond donors (Lipinski definition) is 0. The van der Waals surface area contributed by atoms with Crippen molar-refractivity contribution in [2.75, 3.05) is 19.8 Å². The lowest BCUT2D eigenvalue weighted by molar-refractivity contribution is -0.146. The molecule has 3 heterocycles. The first-order valence-electron chi connectivity index (χ1n) is 11.1. The van der Waals surface area contributed by atoms with Crippen LogP contribution in [-0.2, 0) is 20.8 Å². The highest BCUT2D eigenvalue weighted by Crippen LogP contribution is 2.36. The lowest BCUT2D eigenvalue weighted by atomic mass is 9.86. The SMILES string of the molecule is Cc1cc(CN(C(=O)C2OCC3COCCC32)C2CCCC2)c2ccccc2n1. The fourth-order valence-corrected chi connectivity index (χ4v) is 5.46. The van der Waals surface area contributed by atoms with Crippen molar-refractivity contribution in [2.24, 2.45) is 11.8 Å². The van der Waals surface area contributed by atoms with E-state index in [1.807, 2.05) is 13.0 Å². The zero-order valence-corrected chi connectivity index (χ0v) is 17.2. The molecule has 1 aromatic carbocycles. The van der Waals surface area contributed by atoms with Gasteiger partial charge < -0.3 is 14.4 Å². The first-order valence-corrected chi connectivity index (χ1v) is 11.1. The third-order valence-corrected chi connectivity index (χ3v) is 6.97. The molecular weight excluding hydrogens is 364 g/mol. The summed E-state index contributed by atoms with van der Waals surface area (Å²) in [6.45, 7) is 4.79. The number of nitrogens with zero attached hydrogens (tertiary/aromatic N) is 2. The average Bonchev–Trinajstić information content (AvgIpc) is 3.41. The first-order chi connectivity index (χ1) is 14.2. The van der Waals surface area contributed by atoms with Crippen LogP contribution in [0, 0.1) is 18.8 Å². The Labute approximate surface area is 172 Å². The van der Waals surface area contributed by atoms with E-state index in [0.717, 1.165) is 49.1 Å². The minimum absolute atomic E-state index is 0.185. The molecule has 154 valence electrons. The third kappa shape index (κ3) is 3.66. The molecule has 1 aromatic heterocycles. The van der Waals surface area contributed by atoms with Crippen LogP contribution in [-0.4, -0.2) is 47.8 Å². The van der Waals surface area contributed by atoms with Crippen molar-refractivity contribution in [1.29, 1.82) is 0 Å². The number of benzene rings is 1. The van der Waals surface area contributed by atoms with Crippen LogP contribution in [0.2, 0.25) is 0 Å². The first kappa shape index (κ1) is 19.0. The van der Waals surface area contributed by atoms with Gasteiger partial charge in [0.2, 0.25) is 0 Å². The maximum atomic E-state index is 13.8. The van der Waals surface area contributed by atoms with Gasteiger partial charge >= 0.3 is 0 Å². The highest BCUT2D eigenvalue weighted by atomic mass is 16.5. The van der Waals surface area contributed by atoms with Gasteiger partial charge in [0.15, 0.2) is 0 Å². The van der Waals surface area contributed by atoms with Gasteiger partial charge in [-0.2, -0.15) is 0 Å². The van der Waals surface area contributed by atoms with Gasteiger partial charge in [-0.05, 0) is 43.9 Å². The maximum Gasteiger partial charge on any atom is 0.252 e. The fraction of sp³-hybridized carbons (Fsp3) is 0.583. The molecule has 3 atom stereocenters. The number of rotatable bonds is 4. The predicted molar refractivity (Wildman–Crippen MR) is 111 cm³/mol. The number of amides is 1. The fourth-order valence-electron chi connectivity index (χ4n) is 5.46. The number of hydrogen-bond acceptors (Lipinski definition) is 4. The van der Waals surface area contributed by atoms with E-state index in [0.29, 0.717) is 31.0 Å². The molecule has 3 unspecified atom stereocenters. The molecule has 3 aliphatic rings. The molecule has 2 aliphatic heterocycles. The van der Waals surface area contributed by atoms with E-state index < -0.39 is 0 Å². The predicted octanol–water partition coefficient (Wildman–Crippen LogP) is 3.87. The number of fused-ring (bicyclic) bond motifs is 2. The van der Waals surface area contributed by atoms with E-state index in [4.69, 9.17) is 9.47 Å². The molecule has 29 heavy (non-hydrogen) atoms. The quantitative estimate of drug-likeness (QED) is 0.790. The third-order valence-electron chi connectivity index (χ3n) is 6.97. The van der Waals surface area contributed by atoms with Crippen molar-refractivity contribution in [2.45, 2.75) is 57.7 Å². The molecule has 1 saturated carbocycles. The molecule has 0 spiro atoms. The Kier molecular flexibility index (Phi) is 5.27. The van der Waals surface area contributed by atoms with Gasteiger partial charge in [-0.15, -0.1) is 0 Å². The Bertz CT molecular complexity index is 893. The smallest absolute Gasteiger partial charge is 0.252 e. The Morgan fingerprint density at radius 2 is 2.00 bits per heavy atom. The molecule has 2 aromatic rings. The summed E-state index contributed by atoms with van der Waals surface area (Å²) in [5, 5.41) is 1.14. The van der Waals surface area contributed by atoms with Gasteiger partial charge in [-0.25, -0.2) is 0 Å². The van der Waals surface area contributed by atoms with E-state index in [9.17, 15) is 4.79 Å². The second kappa shape index (κ2) is 8.04. The lowest BCUT2D eigenvalue weighted by Crippen LogP contribution is -2.47. The molecule has 5 heteroatoms. The minimum Gasteiger partial charge on any atom is -0.381 e. The Balaban J connectivity index is 1.46. The highest BCUT2D eigenvalue weighted by Gasteiger charge is 2.45. The van der Waals surface area contributed by atoms with Gasteiger partial charge in [0, 0.05) is 42.1 Å². The number of carbonyl (C=O) groups excluding carboxylic acids is 1. The van der Waals surface area contributed by atoms with Crippen LogP contribution >= 0.6 is 0 Å². The van der Waals surface area contributed by atoms with Crippen LogP contribution in [0.5, 0.6) is 0 Å². The molecule has 2 saturated heterocycles. The molecule has 3 fully saturated rings. The number of ether oxygens (including phenoxy) is 2. The topological polar surface area (TPSA) is 51.7 Å². The molecular formula is C24H30N2O3. The minimum atomic E-state index is -0.307. The van der Waals surface area contributed by atoms with Crippen LogP contribution in [0.3, 0.4) is 0 Å². The van der Waals surface area contributed by atoms with Crippen molar-refractivity contribution in [3.63, 3.8) is 0 Å². The summed E-state index contributed by atoms with van der Waals surface area (Å²) in [6.07, 6.45) is 5.22. The van der Waals surface area contributed by atoms with E-state index >= 15 is 0 Å². The molecule has 5 rings (SSSR count). The average molecular weight is 395 g/mol. The number of para-hydroxylation sites is 1. The van der Waals surface area contributed by atoms with Gasteiger partial charge in [-0.1, -0.05) is 31.0 Å². The van der Waals surface area contributed by atoms with Crippen LogP contribution in [0.4, 0.5) is 0 Å². The summed E-state index contributed by atoms with van der Waals surface area (Å²) in [6, 6.07) is 10.7. The Morgan fingerprint density at radius 1 is 1.17 bits per heavy atom. The zero-order chi connectivity index (χ0) is 19.8. The molecule has 5 nitrogen and oxygen atoms in total. The Hall–Kier alpha value is -1.98. The van der Waals surface area contributed by atoms with Crippen LogP contribution in [0.25, 0.3) is 10.9 Å². The lowest BCUT2D eigenvalue weighted by Gasteiger charge is -2.34. The summed E-state index contributed by atoms with van der Waals surface area (Å²) in [4.78, 5) is 20.6. The van der Waals surface area contributed by atoms with Gasteiger partial charge in [-0.3, -0.25) is 9.78 Å². The second-order valence-corrected chi connectivity index (χ2v) is 8.89. The molecule has 0 bridgehead atoms. The molecule has 1 amide bonds. The van der Waals surface area contributed by atoms with E-state index in [1.165, 1.54) is 18.4 Å². The summed E-state index contributed by atoms with van der Waals surface area (Å²) in [5.41, 5.74) is 3.19. The summed E-state index contributed by atoms with van der Waals surface area (Å²) < 4.78 is 11.7. The monoisotopic (exact) mass is 394 g/mol. The van der Waals surface area contributed by atoms with Crippen molar-refractivity contribution in [3.8, 4) is 0 Å². The zero-order valence-electron chi connectivity index (χ0n) is 17.2. The summed E-state index contributed by atoms with van der Waals surface area (Å²) in [7, 11) is 0. The number of aromatic nitrogens is 1. The van der Waals surface area contributed by atoms with Crippen molar-refractivity contribution in [1.82, 2.24) is 9.88 Å². The number of carbonyl (C=O) groups is 1. The molecule has 0 N–H and O–H groups in total. The largest absolute Gasteiger partial charge is 0.381 e. The van der Waals surface area contributed by atoms with E-state index in [2.05, 4.69) is 34.1 Å². The number of aryl methyl sites for hydroxylation is 1. The van der Waals surface area contributed by atoms with Gasteiger partial charge in [0.1, 0.15) is 6.10 Å². The Morgan fingerprint density at radius 3 is 2.86 bits per heavy atom. The number of pyridine rings is 1. The van der Waals surface area contributed by atoms with Gasteiger partial charge in [0.25, 0.3) is 5.91 Å². The van der Waals surface area contributed by atoms with Crippen LogP contribution in [0.15, 0.2) is 30.3 Å². The van der Waals surface area contributed by atoms with Crippen molar-refractivity contribution >= 4 is 16.8 Å². The van der Waals surface area contributed by atoms with E-state index in [-0.39, 0.29) is 12.0 Å². The second-order valence-electron chi connectivity index (χ2n) is 8.89. The normalized spacial score (nSPS) is 27.3. The molecule has 1 aliphatic carbocycles. The molecule has 0 radical (unpaired) electrons. The van der Waals surface area contributed by atoms with Gasteiger partial charge in [0.05, 0.1) is 18.7 Å². The summed E-state index contributed by atoms with van der Waals surface area (Å²) in [5.74, 6) is 0.855. The highest BCUT2D eigenvalue weighted by molar-refractivity contribution is 5.85. The van der Waals surface area contributed by atoms with Crippen LogP contribution in [0.1, 0.15) is 43.4 Å². The summed E-state index contributed by atoms with van der Waals surface area (Å²) >= 11 is 0. The van der Waals surface area contributed by atoms with E-state index in [1.54, 1.807) is 0 Å². The van der Waals surface area contributed by atoms with Crippen LogP contribution < -0.4 is 0 Å².